The van der Waals surface area contributed by atoms with Gasteiger partial charge in [-0.2, -0.15) is 0 Å². The number of benzene rings is 1. The Kier molecular flexibility index (Phi) is 3.23. The van der Waals surface area contributed by atoms with Gasteiger partial charge in [-0.25, -0.2) is 0 Å². The zero-order chi connectivity index (χ0) is 12.5. The van der Waals surface area contributed by atoms with Crippen LogP contribution in [0.4, 0.5) is 0 Å². The van der Waals surface area contributed by atoms with E-state index >= 15 is 0 Å². The van der Waals surface area contributed by atoms with Crippen molar-refractivity contribution >= 4 is 5.78 Å². The van der Waals surface area contributed by atoms with Crippen molar-refractivity contribution in [2.45, 2.75) is 51.4 Å². The van der Waals surface area contributed by atoms with Gasteiger partial charge in [0.1, 0.15) is 5.78 Å². The molecule has 18 heavy (non-hydrogen) atoms. The lowest BCUT2D eigenvalue weighted by Gasteiger charge is -2.39. The van der Waals surface area contributed by atoms with Crippen molar-refractivity contribution < 1.29 is 4.79 Å². The van der Waals surface area contributed by atoms with Crippen molar-refractivity contribution in [3.63, 3.8) is 0 Å². The van der Waals surface area contributed by atoms with E-state index in [4.69, 9.17) is 0 Å². The molecule has 0 bridgehead atoms. The second-order valence-electron chi connectivity index (χ2n) is 6.02. The minimum atomic E-state index is 0.324. The van der Waals surface area contributed by atoms with E-state index in [-0.39, 0.29) is 0 Å². The molecular formula is C17H22O. The summed E-state index contributed by atoms with van der Waals surface area (Å²) in [6, 6.07) is 8.58. The molecule has 0 aromatic heterocycles. The fourth-order valence-corrected chi connectivity index (χ4v) is 4.03. The third-order valence-electron chi connectivity index (χ3n) is 4.89. The number of carbonyl (C=O) groups is 1. The first-order chi connectivity index (χ1) is 8.79. The molecule has 0 aliphatic heterocycles. The summed E-state index contributed by atoms with van der Waals surface area (Å²) < 4.78 is 0. The fraction of sp³-hybridized carbons (Fsp3) is 0.588. The first-order valence-electron chi connectivity index (χ1n) is 7.40. The second-order valence-corrected chi connectivity index (χ2v) is 6.02. The monoisotopic (exact) mass is 242 g/mol. The van der Waals surface area contributed by atoms with Crippen LogP contribution in [0, 0.1) is 11.8 Å². The zero-order valence-electron chi connectivity index (χ0n) is 11.2. The Morgan fingerprint density at radius 1 is 1.17 bits per heavy atom. The lowest BCUT2D eigenvalue weighted by Crippen LogP contribution is -2.35. The summed E-state index contributed by atoms with van der Waals surface area (Å²) in [6.07, 6.45) is 6.92. The maximum atomic E-state index is 12.3. The average molecular weight is 242 g/mol. The number of ketones is 1. The minimum absolute atomic E-state index is 0.324. The molecule has 96 valence electrons. The maximum Gasteiger partial charge on any atom is 0.140 e. The third-order valence-corrected chi connectivity index (χ3v) is 4.89. The Balaban J connectivity index is 1.86. The Morgan fingerprint density at radius 2 is 2.00 bits per heavy atom. The van der Waals surface area contributed by atoms with Crippen LogP contribution in [0.1, 0.15) is 56.1 Å². The van der Waals surface area contributed by atoms with E-state index in [1.807, 2.05) is 0 Å². The van der Waals surface area contributed by atoms with Crippen LogP contribution >= 0.6 is 0 Å². The Hall–Kier alpha value is -1.11. The molecule has 0 saturated heterocycles. The van der Waals surface area contributed by atoms with Crippen molar-refractivity contribution in [1.29, 1.82) is 0 Å². The van der Waals surface area contributed by atoms with E-state index in [1.54, 1.807) is 0 Å². The first-order valence-corrected chi connectivity index (χ1v) is 7.40. The number of fused-ring (bicyclic) bond motifs is 3. The summed E-state index contributed by atoms with van der Waals surface area (Å²) in [6.45, 7) is 2.25. The molecule has 1 nitrogen and oxygen atoms in total. The van der Waals surface area contributed by atoms with Crippen molar-refractivity contribution in [2.75, 3.05) is 0 Å². The molecule has 0 radical (unpaired) electrons. The molecule has 0 N–H and O–H groups in total. The number of hydrogen-bond donors (Lipinski definition) is 0. The molecule has 1 heteroatoms. The predicted molar refractivity (Wildman–Crippen MR) is 73.6 cm³/mol. The normalized spacial score (nSPS) is 30.7. The van der Waals surface area contributed by atoms with Crippen LogP contribution in [0.25, 0.3) is 0 Å². The molecule has 0 heterocycles. The van der Waals surface area contributed by atoms with E-state index in [2.05, 4.69) is 31.2 Å². The van der Waals surface area contributed by atoms with Gasteiger partial charge < -0.3 is 0 Å². The molecule has 1 aromatic carbocycles. The third kappa shape index (κ3) is 2.00. The summed E-state index contributed by atoms with van der Waals surface area (Å²) in [5.41, 5.74) is 2.76. The molecule has 3 unspecified atom stereocenters. The van der Waals surface area contributed by atoms with Crippen LogP contribution in [0.15, 0.2) is 24.3 Å². The second kappa shape index (κ2) is 4.87. The molecule has 0 amide bonds. The molecule has 2 aliphatic rings. The van der Waals surface area contributed by atoms with Gasteiger partial charge in [0.2, 0.25) is 0 Å². The predicted octanol–water partition coefficient (Wildman–Crippen LogP) is 4.11. The van der Waals surface area contributed by atoms with Crippen molar-refractivity contribution in [2.24, 2.45) is 11.8 Å². The molecule has 3 atom stereocenters. The van der Waals surface area contributed by atoms with Crippen LogP contribution in [0.5, 0.6) is 0 Å². The van der Waals surface area contributed by atoms with Gasteiger partial charge in [-0.1, -0.05) is 44.0 Å². The quantitative estimate of drug-likeness (QED) is 0.762. The molecular weight excluding hydrogens is 220 g/mol. The van der Waals surface area contributed by atoms with Crippen LogP contribution in [0.2, 0.25) is 0 Å². The van der Waals surface area contributed by atoms with E-state index in [1.165, 1.54) is 36.8 Å². The van der Waals surface area contributed by atoms with Gasteiger partial charge in [-0.05, 0) is 42.2 Å². The van der Waals surface area contributed by atoms with Crippen LogP contribution in [0.3, 0.4) is 0 Å². The molecule has 1 saturated carbocycles. The largest absolute Gasteiger partial charge is 0.299 e. The lowest BCUT2D eigenvalue weighted by molar-refractivity contribution is -0.125. The van der Waals surface area contributed by atoms with E-state index in [9.17, 15) is 4.79 Å². The highest BCUT2D eigenvalue weighted by Crippen LogP contribution is 2.46. The van der Waals surface area contributed by atoms with Crippen LogP contribution in [-0.2, 0) is 11.2 Å². The standard InChI is InChI=1S/C17H22O/c1-2-5-12-8-9-15-14-7-4-3-6-13(14)11-17(18)16(15)10-12/h3-4,6-7,12,15-16H,2,5,8-11H2,1H3. The lowest BCUT2D eigenvalue weighted by atomic mass is 9.64. The fourth-order valence-electron chi connectivity index (χ4n) is 4.03. The number of Topliss-reactive ketones (excluding diaryl/α,β-unsaturated/α-hetero) is 1. The average Bonchev–Trinajstić information content (AvgIpc) is 2.40. The van der Waals surface area contributed by atoms with Crippen LogP contribution in [-0.4, -0.2) is 5.78 Å². The summed E-state index contributed by atoms with van der Waals surface area (Å²) >= 11 is 0. The SMILES string of the molecule is CCCC1CCC2c3ccccc3CC(=O)C2C1. The highest BCUT2D eigenvalue weighted by molar-refractivity contribution is 5.86. The summed E-state index contributed by atoms with van der Waals surface area (Å²) in [5, 5.41) is 0. The summed E-state index contributed by atoms with van der Waals surface area (Å²) in [7, 11) is 0. The maximum absolute atomic E-state index is 12.3. The summed E-state index contributed by atoms with van der Waals surface area (Å²) in [4.78, 5) is 12.3. The van der Waals surface area contributed by atoms with Gasteiger partial charge >= 0.3 is 0 Å². The van der Waals surface area contributed by atoms with Gasteiger partial charge in [0.25, 0.3) is 0 Å². The number of carbonyl (C=O) groups excluding carboxylic acids is 1. The van der Waals surface area contributed by atoms with Gasteiger partial charge in [-0.15, -0.1) is 0 Å². The van der Waals surface area contributed by atoms with E-state index in [0.717, 1.165) is 12.3 Å². The van der Waals surface area contributed by atoms with Crippen molar-refractivity contribution in [3.05, 3.63) is 35.4 Å². The van der Waals surface area contributed by atoms with Gasteiger partial charge in [0.15, 0.2) is 0 Å². The Bertz CT molecular complexity index is 449. The van der Waals surface area contributed by atoms with Crippen molar-refractivity contribution in [3.8, 4) is 0 Å². The topological polar surface area (TPSA) is 17.1 Å². The minimum Gasteiger partial charge on any atom is -0.299 e. The molecule has 1 fully saturated rings. The van der Waals surface area contributed by atoms with Gasteiger partial charge in [-0.3, -0.25) is 4.79 Å². The number of hydrogen-bond acceptors (Lipinski definition) is 1. The Labute approximate surface area is 110 Å². The van der Waals surface area contributed by atoms with Gasteiger partial charge in [0, 0.05) is 12.3 Å². The zero-order valence-corrected chi connectivity index (χ0v) is 11.2. The molecule has 1 aromatic rings. The molecule has 0 spiro atoms. The number of rotatable bonds is 2. The summed E-state index contributed by atoms with van der Waals surface area (Å²) in [5.74, 6) is 2.14. The highest BCUT2D eigenvalue weighted by atomic mass is 16.1. The first kappa shape index (κ1) is 12.0. The highest BCUT2D eigenvalue weighted by Gasteiger charge is 2.39. The van der Waals surface area contributed by atoms with E-state index in [0.29, 0.717) is 24.0 Å². The van der Waals surface area contributed by atoms with Gasteiger partial charge in [0.05, 0.1) is 0 Å². The van der Waals surface area contributed by atoms with E-state index < -0.39 is 0 Å². The molecule has 2 aliphatic carbocycles. The Morgan fingerprint density at radius 3 is 2.83 bits per heavy atom. The smallest absolute Gasteiger partial charge is 0.140 e. The molecule has 3 rings (SSSR count). The van der Waals surface area contributed by atoms with Crippen molar-refractivity contribution in [1.82, 2.24) is 0 Å². The van der Waals surface area contributed by atoms with Crippen LogP contribution < -0.4 is 0 Å².